The molecule has 5 heteroatoms. The summed E-state index contributed by atoms with van der Waals surface area (Å²) in [6.45, 7) is 2.05. The number of benzene rings is 2. The standard InChI is InChI=1S/C16H19N3O2/c17-5-7-20-11-1-3-13-14-4-2-12(21-8-6-18)10-16(14)19-15(13)9-11/h1-4,9-10,19H,5-8,17-18H2. The smallest absolute Gasteiger partial charge is 0.121 e. The van der Waals surface area contributed by atoms with Crippen LogP contribution in [0.3, 0.4) is 0 Å². The lowest BCUT2D eigenvalue weighted by molar-refractivity contribution is 0.328. The van der Waals surface area contributed by atoms with E-state index in [-0.39, 0.29) is 0 Å². The highest BCUT2D eigenvalue weighted by molar-refractivity contribution is 6.07. The molecule has 3 aromatic rings. The van der Waals surface area contributed by atoms with Crippen LogP contribution in [0.25, 0.3) is 21.8 Å². The van der Waals surface area contributed by atoms with Crippen LogP contribution >= 0.6 is 0 Å². The highest BCUT2D eigenvalue weighted by Crippen LogP contribution is 2.30. The Balaban J connectivity index is 1.98. The van der Waals surface area contributed by atoms with Crippen molar-refractivity contribution >= 4 is 21.8 Å². The van der Waals surface area contributed by atoms with Crippen LogP contribution in [-0.2, 0) is 0 Å². The molecule has 1 aromatic heterocycles. The zero-order valence-corrected chi connectivity index (χ0v) is 11.8. The van der Waals surface area contributed by atoms with Gasteiger partial charge in [0, 0.05) is 36.0 Å². The van der Waals surface area contributed by atoms with E-state index >= 15 is 0 Å². The van der Waals surface area contributed by atoms with Gasteiger partial charge < -0.3 is 25.9 Å². The van der Waals surface area contributed by atoms with Crippen molar-refractivity contribution in [1.29, 1.82) is 0 Å². The van der Waals surface area contributed by atoms with E-state index in [1.165, 1.54) is 0 Å². The molecule has 0 fully saturated rings. The molecule has 0 radical (unpaired) electrons. The molecule has 0 bridgehead atoms. The lowest BCUT2D eigenvalue weighted by Gasteiger charge is -2.04. The third-order valence-electron chi connectivity index (χ3n) is 3.31. The molecule has 2 aromatic carbocycles. The first-order valence-corrected chi connectivity index (χ1v) is 7.03. The Hall–Kier alpha value is -2.24. The van der Waals surface area contributed by atoms with Gasteiger partial charge >= 0.3 is 0 Å². The number of H-pyrrole nitrogens is 1. The van der Waals surface area contributed by atoms with E-state index in [0.29, 0.717) is 26.3 Å². The summed E-state index contributed by atoms with van der Waals surface area (Å²) in [5, 5.41) is 2.32. The Morgan fingerprint density at radius 2 is 1.24 bits per heavy atom. The normalized spacial score (nSPS) is 11.1. The van der Waals surface area contributed by atoms with E-state index in [2.05, 4.69) is 17.1 Å². The first kappa shape index (κ1) is 13.7. The highest BCUT2D eigenvalue weighted by atomic mass is 16.5. The molecule has 1 heterocycles. The van der Waals surface area contributed by atoms with Crippen molar-refractivity contribution in [3.63, 3.8) is 0 Å². The van der Waals surface area contributed by atoms with Crippen LogP contribution < -0.4 is 20.9 Å². The van der Waals surface area contributed by atoms with Crippen LogP contribution in [0, 0.1) is 0 Å². The highest BCUT2D eigenvalue weighted by Gasteiger charge is 2.06. The third-order valence-corrected chi connectivity index (χ3v) is 3.31. The molecule has 5 nitrogen and oxygen atoms in total. The maximum atomic E-state index is 5.55. The SMILES string of the molecule is NCCOc1ccc2c(c1)[nH]c1cc(OCCN)ccc12. The summed E-state index contributed by atoms with van der Waals surface area (Å²) in [5.74, 6) is 1.64. The second-order valence-corrected chi connectivity index (χ2v) is 4.81. The second kappa shape index (κ2) is 6.03. The van der Waals surface area contributed by atoms with Gasteiger partial charge in [-0.15, -0.1) is 0 Å². The molecule has 0 amide bonds. The third kappa shape index (κ3) is 2.79. The fourth-order valence-corrected chi connectivity index (χ4v) is 2.40. The van der Waals surface area contributed by atoms with Gasteiger partial charge in [0.15, 0.2) is 0 Å². The molecule has 0 saturated carbocycles. The lowest BCUT2D eigenvalue weighted by atomic mass is 10.1. The Morgan fingerprint density at radius 1 is 0.762 bits per heavy atom. The molecule has 0 unspecified atom stereocenters. The topological polar surface area (TPSA) is 86.3 Å². The molecule has 21 heavy (non-hydrogen) atoms. The fraction of sp³-hybridized carbons (Fsp3) is 0.250. The maximum absolute atomic E-state index is 5.55. The van der Waals surface area contributed by atoms with Crippen molar-refractivity contribution in [2.75, 3.05) is 26.3 Å². The number of rotatable bonds is 6. The first-order chi connectivity index (χ1) is 10.3. The summed E-state index contributed by atoms with van der Waals surface area (Å²) in [5.41, 5.74) is 13.0. The largest absolute Gasteiger partial charge is 0.492 e. The second-order valence-electron chi connectivity index (χ2n) is 4.81. The predicted molar refractivity (Wildman–Crippen MR) is 84.9 cm³/mol. The van der Waals surface area contributed by atoms with Crippen molar-refractivity contribution in [3.05, 3.63) is 36.4 Å². The van der Waals surface area contributed by atoms with Crippen LogP contribution in [-0.4, -0.2) is 31.3 Å². The van der Waals surface area contributed by atoms with Crippen LogP contribution in [0.2, 0.25) is 0 Å². The molecular formula is C16H19N3O2. The van der Waals surface area contributed by atoms with Gasteiger partial charge in [0.2, 0.25) is 0 Å². The van der Waals surface area contributed by atoms with Gasteiger partial charge in [-0.05, 0) is 24.3 Å². The minimum Gasteiger partial charge on any atom is -0.492 e. The summed E-state index contributed by atoms with van der Waals surface area (Å²) < 4.78 is 11.1. The van der Waals surface area contributed by atoms with Gasteiger partial charge in [0.1, 0.15) is 24.7 Å². The van der Waals surface area contributed by atoms with Gasteiger partial charge in [-0.2, -0.15) is 0 Å². The summed E-state index contributed by atoms with van der Waals surface area (Å²) in [6.07, 6.45) is 0. The molecule has 0 aliphatic heterocycles. The van der Waals surface area contributed by atoms with E-state index in [1.54, 1.807) is 0 Å². The average Bonchev–Trinajstić information content (AvgIpc) is 2.87. The van der Waals surface area contributed by atoms with Crippen LogP contribution in [0.5, 0.6) is 11.5 Å². The Labute approximate surface area is 122 Å². The zero-order valence-electron chi connectivity index (χ0n) is 11.8. The number of aromatic amines is 1. The molecule has 3 rings (SSSR count). The predicted octanol–water partition coefficient (Wildman–Crippen LogP) is 2.00. The number of nitrogens with two attached hydrogens (primary N) is 2. The van der Waals surface area contributed by atoms with Crippen molar-refractivity contribution in [3.8, 4) is 11.5 Å². The Kier molecular flexibility index (Phi) is 3.94. The van der Waals surface area contributed by atoms with Crippen molar-refractivity contribution in [2.45, 2.75) is 0 Å². The van der Waals surface area contributed by atoms with Crippen molar-refractivity contribution in [1.82, 2.24) is 4.98 Å². The number of nitrogens with one attached hydrogen (secondary N) is 1. The summed E-state index contributed by atoms with van der Waals surface area (Å²) >= 11 is 0. The summed E-state index contributed by atoms with van der Waals surface area (Å²) in [4.78, 5) is 3.39. The molecule has 0 aliphatic rings. The number of fused-ring (bicyclic) bond motifs is 3. The minimum atomic E-state index is 0.507. The number of aromatic nitrogens is 1. The van der Waals surface area contributed by atoms with E-state index < -0.39 is 0 Å². The Bertz CT molecular complexity index is 689. The molecule has 5 N–H and O–H groups in total. The van der Waals surface area contributed by atoms with E-state index in [1.807, 2.05) is 24.3 Å². The van der Waals surface area contributed by atoms with Crippen molar-refractivity contribution < 1.29 is 9.47 Å². The molecule has 110 valence electrons. The maximum Gasteiger partial charge on any atom is 0.121 e. The van der Waals surface area contributed by atoms with Crippen molar-refractivity contribution in [2.24, 2.45) is 11.5 Å². The van der Waals surface area contributed by atoms with E-state index in [4.69, 9.17) is 20.9 Å². The number of ether oxygens (including phenoxy) is 2. The molecular weight excluding hydrogens is 266 g/mol. The van der Waals surface area contributed by atoms with Crippen LogP contribution in [0.15, 0.2) is 36.4 Å². The van der Waals surface area contributed by atoms with Gasteiger partial charge in [-0.1, -0.05) is 0 Å². The lowest BCUT2D eigenvalue weighted by Crippen LogP contribution is -2.10. The van der Waals surface area contributed by atoms with Gasteiger partial charge in [0.25, 0.3) is 0 Å². The summed E-state index contributed by atoms with van der Waals surface area (Å²) in [6, 6.07) is 12.0. The van der Waals surface area contributed by atoms with Gasteiger partial charge in [-0.25, -0.2) is 0 Å². The monoisotopic (exact) mass is 285 g/mol. The molecule has 0 saturated heterocycles. The quantitative estimate of drug-likeness (QED) is 0.646. The zero-order chi connectivity index (χ0) is 14.7. The molecule has 0 spiro atoms. The number of hydrogen-bond acceptors (Lipinski definition) is 4. The van der Waals surface area contributed by atoms with E-state index in [9.17, 15) is 0 Å². The minimum absolute atomic E-state index is 0.507. The summed E-state index contributed by atoms with van der Waals surface area (Å²) in [7, 11) is 0. The average molecular weight is 285 g/mol. The number of hydrogen-bond donors (Lipinski definition) is 3. The fourth-order valence-electron chi connectivity index (χ4n) is 2.40. The first-order valence-electron chi connectivity index (χ1n) is 7.03. The van der Waals surface area contributed by atoms with Crippen LogP contribution in [0.4, 0.5) is 0 Å². The van der Waals surface area contributed by atoms with E-state index in [0.717, 1.165) is 33.3 Å². The Morgan fingerprint density at radius 3 is 1.67 bits per heavy atom. The van der Waals surface area contributed by atoms with Crippen LogP contribution in [0.1, 0.15) is 0 Å². The molecule has 0 aliphatic carbocycles. The molecule has 0 atom stereocenters. The van der Waals surface area contributed by atoms with Gasteiger partial charge in [-0.3, -0.25) is 0 Å². The van der Waals surface area contributed by atoms with Gasteiger partial charge in [0.05, 0.1) is 11.0 Å².